The number of hydrogen-bond donors (Lipinski definition) is 1. The van der Waals surface area contributed by atoms with Gasteiger partial charge in [-0.1, -0.05) is 6.07 Å². The van der Waals surface area contributed by atoms with E-state index in [1.807, 2.05) is 56.0 Å². The van der Waals surface area contributed by atoms with Gasteiger partial charge in [-0.25, -0.2) is 9.59 Å². The van der Waals surface area contributed by atoms with E-state index in [2.05, 4.69) is 10.4 Å². The molecule has 9 nitrogen and oxygen atoms in total. The standard InChI is InChI=1S/C23H31N5O4/c1-15(2)32-22(29)27-12-16(3)28(23(30)31-4)20-6-5-18(9-21(20)27)19-11-25-26(14-19)13-17-7-8-24-10-17/h5-6,9,11,14-17,24H,7-8,10,12-13H2,1-4H3/t16-,17-/m0/s1. The van der Waals surface area contributed by atoms with E-state index in [0.29, 0.717) is 23.8 Å². The molecule has 9 heteroatoms. The Kier molecular flexibility index (Phi) is 6.36. The van der Waals surface area contributed by atoms with Crippen LogP contribution < -0.4 is 15.1 Å². The third-order valence-electron chi connectivity index (χ3n) is 5.92. The van der Waals surface area contributed by atoms with Crippen molar-refractivity contribution in [1.29, 1.82) is 0 Å². The lowest BCUT2D eigenvalue weighted by molar-refractivity contribution is 0.121. The fourth-order valence-electron chi connectivity index (χ4n) is 4.37. The first-order valence-electron chi connectivity index (χ1n) is 11.1. The third-order valence-corrected chi connectivity index (χ3v) is 5.92. The lowest BCUT2D eigenvalue weighted by Gasteiger charge is -2.40. The van der Waals surface area contributed by atoms with Crippen molar-refractivity contribution < 1.29 is 19.1 Å². The Bertz CT molecular complexity index is 983. The van der Waals surface area contributed by atoms with Crippen LogP contribution in [-0.2, 0) is 16.0 Å². The summed E-state index contributed by atoms with van der Waals surface area (Å²) in [6.45, 7) is 8.77. The van der Waals surface area contributed by atoms with Crippen LogP contribution in [0.1, 0.15) is 27.2 Å². The molecule has 0 unspecified atom stereocenters. The molecule has 0 spiro atoms. The minimum Gasteiger partial charge on any atom is -0.452 e. The monoisotopic (exact) mass is 441 g/mol. The van der Waals surface area contributed by atoms with E-state index in [4.69, 9.17) is 9.47 Å². The second-order valence-corrected chi connectivity index (χ2v) is 8.75. The first kappa shape index (κ1) is 22.1. The van der Waals surface area contributed by atoms with Gasteiger partial charge in [0.25, 0.3) is 0 Å². The van der Waals surface area contributed by atoms with Crippen LogP contribution in [0.5, 0.6) is 0 Å². The molecule has 2 aliphatic rings. The van der Waals surface area contributed by atoms with Gasteiger partial charge in [0.05, 0.1) is 43.4 Å². The van der Waals surface area contributed by atoms with Gasteiger partial charge in [0.2, 0.25) is 0 Å². The molecule has 4 rings (SSSR count). The summed E-state index contributed by atoms with van der Waals surface area (Å²) in [7, 11) is 1.36. The maximum Gasteiger partial charge on any atom is 0.414 e. The van der Waals surface area contributed by atoms with Crippen LogP contribution in [0.25, 0.3) is 11.1 Å². The number of nitrogens with one attached hydrogen (secondary N) is 1. The predicted molar refractivity (Wildman–Crippen MR) is 122 cm³/mol. The molecule has 1 N–H and O–H groups in total. The summed E-state index contributed by atoms with van der Waals surface area (Å²) in [5.41, 5.74) is 3.11. The van der Waals surface area contributed by atoms with E-state index < -0.39 is 12.2 Å². The molecule has 0 aliphatic carbocycles. The number of methoxy groups -OCH3 is 1. The molecule has 1 saturated heterocycles. The highest BCUT2D eigenvalue weighted by molar-refractivity contribution is 6.01. The summed E-state index contributed by atoms with van der Waals surface area (Å²) in [5.74, 6) is 0.586. The van der Waals surface area contributed by atoms with Gasteiger partial charge in [0.1, 0.15) is 0 Å². The summed E-state index contributed by atoms with van der Waals surface area (Å²) in [6.07, 6.45) is 3.89. The Morgan fingerprint density at radius 1 is 1.22 bits per heavy atom. The van der Waals surface area contributed by atoms with E-state index in [1.165, 1.54) is 7.11 Å². The lowest BCUT2D eigenvalue weighted by atomic mass is 10.0. The van der Waals surface area contributed by atoms with E-state index in [1.54, 1.807) is 9.80 Å². The van der Waals surface area contributed by atoms with Gasteiger partial charge in [-0.3, -0.25) is 14.5 Å². The largest absolute Gasteiger partial charge is 0.452 e. The quantitative estimate of drug-likeness (QED) is 0.781. The number of hydrogen-bond acceptors (Lipinski definition) is 6. The summed E-state index contributed by atoms with van der Waals surface area (Å²) >= 11 is 0. The van der Waals surface area contributed by atoms with Crippen LogP contribution >= 0.6 is 0 Å². The average Bonchev–Trinajstić information content (AvgIpc) is 3.44. The normalized spacial score (nSPS) is 20.4. The predicted octanol–water partition coefficient (Wildman–Crippen LogP) is 3.49. The summed E-state index contributed by atoms with van der Waals surface area (Å²) in [4.78, 5) is 28.5. The Balaban J connectivity index is 1.68. The van der Waals surface area contributed by atoms with E-state index in [-0.39, 0.29) is 12.1 Å². The number of carbonyl (C=O) groups is 2. The summed E-state index contributed by atoms with van der Waals surface area (Å²) < 4.78 is 12.4. The maximum atomic E-state index is 12.9. The van der Waals surface area contributed by atoms with Crippen molar-refractivity contribution in [2.75, 3.05) is 36.5 Å². The molecule has 2 amide bonds. The molecule has 0 radical (unpaired) electrons. The van der Waals surface area contributed by atoms with Crippen LogP contribution in [-0.4, -0.2) is 60.9 Å². The zero-order valence-corrected chi connectivity index (χ0v) is 19.1. The highest BCUT2D eigenvalue weighted by Gasteiger charge is 2.36. The number of rotatable bonds is 4. The van der Waals surface area contributed by atoms with Crippen LogP contribution in [0.3, 0.4) is 0 Å². The number of aromatic nitrogens is 2. The topological polar surface area (TPSA) is 88.9 Å². The number of fused-ring (bicyclic) bond motifs is 1. The van der Waals surface area contributed by atoms with Gasteiger partial charge in [-0.15, -0.1) is 0 Å². The molecule has 172 valence electrons. The van der Waals surface area contributed by atoms with Gasteiger partial charge in [-0.2, -0.15) is 5.10 Å². The zero-order chi connectivity index (χ0) is 22.8. The van der Waals surface area contributed by atoms with Crippen molar-refractivity contribution in [3.05, 3.63) is 30.6 Å². The molecule has 2 aliphatic heterocycles. The first-order chi connectivity index (χ1) is 15.4. The van der Waals surface area contributed by atoms with Crippen molar-refractivity contribution in [3.63, 3.8) is 0 Å². The number of nitrogens with zero attached hydrogens (tertiary/aromatic N) is 4. The molecular weight excluding hydrogens is 410 g/mol. The van der Waals surface area contributed by atoms with Crippen molar-refractivity contribution in [2.45, 2.75) is 45.9 Å². The fourth-order valence-corrected chi connectivity index (χ4v) is 4.37. The minimum absolute atomic E-state index is 0.244. The molecule has 2 atom stereocenters. The molecule has 2 aromatic rings. The Morgan fingerprint density at radius 2 is 2.03 bits per heavy atom. The molecule has 32 heavy (non-hydrogen) atoms. The summed E-state index contributed by atoms with van der Waals surface area (Å²) in [5, 5.41) is 7.91. The Hall–Kier alpha value is -3.07. The molecule has 1 aromatic heterocycles. The maximum absolute atomic E-state index is 12.9. The van der Waals surface area contributed by atoms with Gasteiger partial charge >= 0.3 is 12.2 Å². The fraction of sp³-hybridized carbons (Fsp3) is 0.522. The minimum atomic E-state index is -0.457. The molecule has 1 aromatic carbocycles. The highest BCUT2D eigenvalue weighted by Crippen LogP contribution is 2.39. The Morgan fingerprint density at radius 3 is 2.72 bits per heavy atom. The summed E-state index contributed by atoms with van der Waals surface area (Å²) in [6, 6.07) is 5.45. The van der Waals surface area contributed by atoms with E-state index in [9.17, 15) is 9.59 Å². The molecule has 0 saturated carbocycles. The van der Waals surface area contributed by atoms with Gasteiger partial charge in [0.15, 0.2) is 0 Å². The number of benzene rings is 1. The van der Waals surface area contributed by atoms with Crippen LogP contribution in [0.2, 0.25) is 0 Å². The smallest absolute Gasteiger partial charge is 0.414 e. The third kappa shape index (κ3) is 4.43. The molecule has 3 heterocycles. The van der Waals surface area contributed by atoms with Crippen molar-refractivity contribution in [3.8, 4) is 11.1 Å². The Labute approximate surface area is 188 Å². The van der Waals surface area contributed by atoms with Gasteiger partial charge in [-0.05, 0) is 63.9 Å². The average molecular weight is 442 g/mol. The van der Waals surface area contributed by atoms with Crippen molar-refractivity contribution in [2.24, 2.45) is 5.92 Å². The van der Waals surface area contributed by atoms with Crippen LogP contribution in [0, 0.1) is 5.92 Å². The van der Waals surface area contributed by atoms with E-state index >= 15 is 0 Å². The first-order valence-corrected chi connectivity index (χ1v) is 11.1. The second-order valence-electron chi connectivity index (χ2n) is 8.75. The zero-order valence-electron chi connectivity index (χ0n) is 19.1. The van der Waals surface area contributed by atoms with Gasteiger partial charge in [0, 0.05) is 18.3 Å². The van der Waals surface area contributed by atoms with Crippen molar-refractivity contribution in [1.82, 2.24) is 15.1 Å². The highest BCUT2D eigenvalue weighted by atomic mass is 16.6. The van der Waals surface area contributed by atoms with Gasteiger partial charge < -0.3 is 14.8 Å². The second kappa shape index (κ2) is 9.20. The molecule has 0 bridgehead atoms. The molecular formula is C23H31N5O4. The number of carbonyl (C=O) groups excluding carboxylic acids is 2. The van der Waals surface area contributed by atoms with Crippen LogP contribution in [0.15, 0.2) is 30.6 Å². The number of anilines is 2. The van der Waals surface area contributed by atoms with Crippen molar-refractivity contribution >= 4 is 23.6 Å². The number of ether oxygens (including phenoxy) is 2. The SMILES string of the molecule is COC(=O)N1c2ccc(-c3cnn(C[C@H]4CCNC4)c3)cc2N(C(=O)OC(C)C)C[C@@H]1C. The van der Waals surface area contributed by atoms with Crippen LogP contribution in [0.4, 0.5) is 21.0 Å². The lowest BCUT2D eigenvalue weighted by Crippen LogP contribution is -2.52. The van der Waals surface area contributed by atoms with E-state index in [0.717, 1.165) is 37.2 Å². The molecule has 1 fully saturated rings. The number of amides is 2.